The van der Waals surface area contributed by atoms with Gasteiger partial charge in [0.25, 0.3) is 0 Å². The van der Waals surface area contributed by atoms with Gasteiger partial charge in [0.1, 0.15) is 0 Å². The molecule has 0 N–H and O–H groups in total. The third kappa shape index (κ3) is 7.51. The van der Waals surface area contributed by atoms with Crippen molar-refractivity contribution in [2.75, 3.05) is 12.0 Å². The van der Waals surface area contributed by atoms with Gasteiger partial charge in [0, 0.05) is 33.3 Å². The minimum absolute atomic E-state index is 0.448. The van der Waals surface area contributed by atoms with E-state index in [0.717, 1.165) is 39.3 Å². The van der Waals surface area contributed by atoms with Gasteiger partial charge in [-0.2, -0.15) is 11.8 Å². The molecule has 0 aliphatic heterocycles. The van der Waals surface area contributed by atoms with Gasteiger partial charge in [0.15, 0.2) is 11.7 Å². The minimum Gasteiger partial charge on any atom is -0.309 e. The van der Waals surface area contributed by atoms with E-state index in [1.165, 1.54) is 32.9 Å². The van der Waals surface area contributed by atoms with Gasteiger partial charge in [-0.05, 0) is 90.2 Å². The van der Waals surface area contributed by atoms with E-state index in [9.17, 15) is 0 Å². The highest BCUT2D eigenvalue weighted by molar-refractivity contribution is 7.99. The molecule has 7 rings (SSSR count). The first-order valence-corrected chi connectivity index (χ1v) is 18.8. The second kappa shape index (κ2) is 16.3. The average Bonchev–Trinajstić information content (AvgIpc) is 3.54. The quantitative estimate of drug-likeness (QED) is 0.0799. The van der Waals surface area contributed by atoms with Gasteiger partial charge in [0.2, 0.25) is 0 Å². The van der Waals surface area contributed by atoms with Gasteiger partial charge < -0.3 is 4.57 Å². The van der Waals surface area contributed by atoms with E-state index < -0.39 is 0 Å². The zero-order valence-corrected chi connectivity index (χ0v) is 30.3. The highest BCUT2D eigenvalue weighted by atomic mass is 32.2. The summed E-state index contributed by atoms with van der Waals surface area (Å²) in [5.74, 6) is 2.05. The van der Waals surface area contributed by atoms with E-state index in [2.05, 4.69) is 139 Å². The number of hydrogen-bond donors (Lipinski definition) is 0. The van der Waals surface area contributed by atoms with Gasteiger partial charge >= 0.3 is 0 Å². The molecule has 254 valence electrons. The molecule has 0 aliphatic rings. The summed E-state index contributed by atoms with van der Waals surface area (Å²) in [4.78, 5) is 14.4. The van der Waals surface area contributed by atoms with Crippen LogP contribution in [0.4, 0.5) is 0 Å². The summed E-state index contributed by atoms with van der Waals surface area (Å²) in [6, 6.07) is 53.0. The normalized spacial score (nSPS) is 12.6. The fraction of sp³-hybridized carbons (Fsp3) is 0.0851. The molecule has 0 aliphatic carbocycles. The molecule has 0 saturated heterocycles. The summed E-state index contributed by atoms with van der Waals surface area (Å²) < 4.78 is 2.36. The predicted octanol–water partition coefficient (Wildman–Crippen LogP) is 11.9. The molecule has 0 bridgehead atoms. The van der Waals surface area contributed by atoms with Crippen molar-refractivity contribution in [3.63, 3.8) is 0 Å². The van der Waals surface area contributed by atoms with Crippen molar-refractivity contribution in [2.45, 2.75) is 13.5 Å². The molecule has 52 heavy (non-hydrogen) atoms. The van der Waals surface area contributed by atoms with Crippen LogP contribution in [0.25, 0.3) is 44.2 Å². The van der Waals surface area contributed by atoms with Crippen molar-refractivity contribution in [1.29, 1.82) is 0 Å². The van der Waals surface area contributed by atoms with Crippen LogP contribution in [-0.4, -0.2) is 35.0 Å². The van der Waals surface area contributed by atoms with E-state index in [1.54, 1.807) is 0 Å². The van der Waals surface area contributed by atoms with Crippen molar-refractivity contribution in [1.82, 2.24) is 4.57 Å². The Bertz CT molecular complexity index is 2400. The van der Waals surface area contributed by atoms with Gasteiger partial charge in [-0.25, -0.2) is 9.98 Å². The number of allylic oxidation sites excluding steroid dienone is 3. The summed E-state index contributed by atoms with van der Waals surface area (Å²) in [7, 11) is 0. The van der Waals surface area contributed by atoms with Crippen LogP contribution in [0.5, 0.6) is 0 Å². The van der Waals surface area contributed by atoms with Crippen LogP contribution in [0.1, 0.15) is 29.2 Å². The number of nitrogens with zero attached hydrogens (tertiary/aromatic N) is 4. The number of rotatable bonds is 10. The molecule has 5 heteroatoms. The van der Waals surface area contributed by atoms with Crippen molar-refractivity contribution in [3.05, 3.63) is 192 Å². The van der Waals surface area contributed by atoms with Crippen LogP contribution >= 0.6 is 11.8 Å². The van der Waals surface area contributed by atoms with Gasteiger partial charge in [-0.15, -0.1) is 0 Å². The second-order valence-corrected chi connectivity index (χ2v) is 13.3. The molecule has 0 atom stereocenters. The molecule has 1 aromatic heterocycles. The standard InChI is InChI=1S/C47H40N4S/c1-4-5-16-38(33-52-3)40-30-34(32-49-47(37-19-10-7-11-20-37)50-46(48-2)36-17-8-6-9-18-36)29-39(31-40)35-25-27-41(28-26-35)51-44-23-14-12-21-42(44)43-22-13-15-24-45(43)51/h4-31H,2,32-33H2,1,3H3/b5-4-,38-16+,49-47?,50-46?. The van der Waals surface area contributed by atoms with Gasteiger partial charge in [-0.3, -0.25) is 4.99 Å². The molecule has 0 amide bonds. The molecule has 0 saturated carbocycles. The molecule has 4 nitrogen and oxygen atoms in total. The number of para-hydroxylation sites is 2. The van der Waals surface area contributed by atoms with Crippen molar-refractivity contribution in [3.8, 4) is 16.8 Å². The van der Waals surface area contributed by atoms with Crippen LogP contribution in [0.2, 0.25) is 0 Å². The van der Waals surface area contributed by atoms with Crippen LogP contribution in [0.15, 0.2) is 185 Å². The monoisotopic (exact) mass is 692 g/mol. The summed E-state index contributed by atoms with van der Waals surface area (Å²) in [6.45, 7) is 6.32. The second-order valence-electron chi connectivity index (χ2n) is 12.5. The van der Waals surface area contributed by atoms with Crippen LogP contribution in [-0.2, 0) is 6.54 Å². The predicted molar refractivity (Wildman–Crippen MR) is 227 cm³/mol. The molecular weight excluding hydrogens is 653 g/mol. The van der Waals surface area contributed by atoms with E-state index in [0.29, 0.717) is 18.2 Å². The first-order chi connectivity index (χ1) is 25.7. The van der Waals surface area contributed by atoms with Crippen molar-refractivity contribution in [2.24, 2.45) is 15.0 Å². The first-order valence-electron chi connectivity index (χ1n) is 17.4. The number of hydrogen-bond acceptors (Lipinski definition) is 2. The number of fused-ring (bicyclic) bond motifs is 3. The van der Waals surface area contributed by atoms with Crippen molar-refractivity contribution < 1.29 is 0 Å². The smallest absolute Gasteiger partial charge is 0.161 e. The maximum atomic E-state index is 5.13. The molecule has 0 radical (unpaired) electrons. The largest absolute Gasteiger partial charge is 0.309 e. The Balaban J connectivity index is 1.31. The number of thioether (sulfide) groups is 1. The van der Waals surface area contributed by atoms with E-state index in [4.69, 9.17) is 9.98 Å². The Morgan fingerprint density at radius 1 is 0.654 bits per heavy atom. The average molecular weight is 693 g/mol. The first kappa shape index (κ1) is 34.4. The summed E-state index contributed by atoms with van der Waals surface area (Å²) >= 11 is 1.82. The van der Waals surface area contributed by atoms with Crippen LogP contribution in [0, 0.1) is 0 Å². The maximum Gasteiger partial charge on any atom is 0.161 e. The number of aromatic nitrogens is 1. The topological polar surface area (TPSA) is 42.0 Å². The lowest BCUT2D eigenvalue weighted by Gasteiger charge is -2.14. The Kier molecular flexibility index (Phi) is 10.8. The lowest BCUT2D eigenvalue weighted by atomic mass is 9.96. The van der Waals surface area contributed by atoms with E-state index in [-0.39, 0.29) is 0 Å². The fourth-order valence-electron chi connectivity index (χ4n) is 6.56. The van der Waals surface area contributed by atoms with Gasteiger partial charge in [-0.1, -0.05) is 127 Å². The molecule has 6 aromatic carbocycles. The highest BCUT2D eigenvalue weighted by Gasteiger charge is 2.13. The Morgan fingerprint density at radius 2 is 1.25 bits per heavy atom. The summed E-state index contributed by atoms with van der Waals surface area (Å²) in [5, 5.41) is 2.52. The zero-order chi connectivity index (χ0) is 35.7. The Hall–Kier alpha value is -6.04. The van der Waals surface area contributed by atoms with E-state index >= 15 is 0 Å². The highest BCUT2D eigenvalue weighted by Crippen LogP contribution is 2.33. The number of amidine groups is 2. The van der Waals surface area contributed by atoms with Crippen LogP contribution < -0.4 is 0 Å². The molecule has 0 fully saturated rings. The molecule has 1 heterocycles. The molecule has 0 unspecified atom stereocenters. The minimum atomic E-state index is 0.448. The Labute approximate surface area is 310 Å². The summed E-state index contributed by atoms with van der Waals surface area (Å²) in [5.41, 5.74) is 11.2. The maximum absolute atomic E-state index is 5.13. The SMILES string of the molecule is C=NC(=NC(=NCc1cc(/C(=C/C=C\C)CSC)cc(-c2ccc(-n3c4ccccc4c4ccccc43)cc2)c1)c1ccccc1)c1ccccc1. The third-order valence-electron chi connectivity index (χ3n) is 9.03. The molecule has 7 aromatic rings. The van der Waals surface area contributed by atoms with Gasteiger partial charge in [0.05, 0.1) is 17.6 Å². The number of aliphatic imine (C=N–C) groups is 3. The zero-order valence-electron chi connectivity index (χ0n) is 29.5. The molecular formula is C47H40N4S. The third-order valence-corrected chi connectivity index (χ3v) is 9.63. The Morgan fingerprint density at radius 3 is 1.85 bits per heavy atom. The van der Waals surface area contributed by atoms with Crippen LogP contribution in [0.3, 0.4) is 0 Å². The van der Waals surface area contributed by atoms with Crippen molar-refractivity contribution >= 4 is 57.5 Å². The van der Waals surface area contributed by atoms with E-state index in [1.807, 2.05) is 72.4 Å². The lowest BCUT2D eigenvalue weighted by molar-refractivity contribution is 1.06. The molecule has 0 spiro atoms. The number of benzene rings is 6. The summed E-state index contributed by atoms with van der Waals surface area (Å²) in [6.07, 6.45) is 8.56. The lowest BCUT2D eigenvalue weighted by Crippen LogP contribution is -2.05. The fourth-order valence-corrected chi connectivity index (χ4v) is 7.13.